The van der Waals surface area contributed by atoms with Crippen molar-refractivity contribution in [1.29, 1.82) is 5.26 Å². The second kappa shape index (κ2) is 4.57. The number of hydrogen-bond donors (Lipinski definition) is 2. The van der Waals surface area contributed by atoms with E-state index < -0.39 is 0 Å². The van der Waals surface area contributed by atoms with E-state index in [1.54, 1.807) is 0 Å². The van der Waals surface area contributed by atoms with E-state index in [0.29, 0.717) is 5.56 Å². The Morgan fingerprint density at radius 3 is 2.19 bits per heavy atom. The summed E-state index contributed by atoms with van der Waals surface area (Å²) < 4.78 is 0. The van der Waals surface area contributed by atoms with Gasteiger partial charge in [0.1, 0.15) is 0 Å². The van der Waals surface area contributed by atoms with Crippen LogP contribution in [0, 0.1) is 11.3 Å². The number of nitrogens with zero attached hydrogens (tertiary/aromatic N) is 1. The molecule has 4 heteroatoms. The fraction of sp³-hybridized carbons (Fsp3) is 0. The van der Waals surface area contributed by atoms with E-state index >= 15 is 0 Å². The predicted molar refractivity (Wildman–Crippen MR) is 87.7 cm³/mol. The van der Waals surface area contributed by atoms with Gasteiger partial charge in [-0.25, -0.2) is 0 Å². The summed E-state index contributed by atoms with van der Waals surface area (Å²) in [6, 6.07) is 22.4. The average molecular weight is 269 g/mol. The molecule has 0 aromatic heterocycles. The summed E-state index contributed by atoms with van der Waals surface area (Å²) in [7, 11) is 0. The third-order valence-corrected chi connectivity index (χ3v) is 3.85. The largest absolute Gasteiger partial charge is 0.406 e. The second-order valence-electron chi connectivity index (χ2n) is 5.17. The van der Waals surface area contributed by atoms with Gasteiger partial charge in [-0.1, -0.05) is 36.4 Å². The molecule has 4 rings (SSSR count). The minimum absolute atomic E-state index is 0.0289. The molecular weight excluding hydrogens is 257 g/mol. The number of hydrogen-bond acceptors (Lipinski definition) is 3. The van der Waals surface area contributed by atoms with Crippen LogP contribution in [0.5, 0.6) is 0 Å². The number of benzene rings is 3. The van der Waals surface area contributed by atoms with Crippen LogP contribution in [0.25, 0.3) is 10.8 Å². The van der Waals surface area contributed by atoms with E-state index in [1.807, 2.05) is 24.3 Å². The Morgan fingerprint density at radius 2 is 1.52 bits per heavy atom. The highest BCUT2D eigenvalue weighted by Gasteiger charge is 2.25. The highest BCUT2D eigenvalue weighted by atomic mass is 15.0. The number of anilines is 2. The van der Waals surface area contributed by atoms with Gasteiger partial charge in [0.2, 0.25) is 0 Å². The van der Waals surface area contributed by atoms with Crippen LogP contribution in [-0.4, -0.2) is 6.98 Å². The van der Waals surface area contributed by atoms with Crippen LogP contribution in [0.3, 0.4) is 0 Å². The molecule has 1 heterocycles. The van der Waals surface area contributed by atoms with Crippen molar-refractivity contribution in [3.63, 3.8) is 0 Å². The molecule has 0 unspecified atom stereocenters. The van der Waals surface area contributed by atoms with Crippen molar-refractivity contribution in [2.75, 3.05) is 10.5 Å². The molecule has 0 fully saturated rings. The second-order valence-corrected chi connectivity index (χ2v) is 5.17. The monoisotopic (exact) mass is 269 g/mol. The van der Waals surface area contributed by atoms with Gasteiger partial charge >= 0.3 is 6.98 Å². The van der Waals surface area contributed by atoms with Crippen LogP contribution in [0.15, 0.2) is 60.7 Å². The lowest BCUT2D eigenvalue weighted by molar-refractivity contribution is 1.49. The molecule has 2 N–H and O–H groups in total. The SMILES string of the molecule is N#Cc1cccc(B2Nc3cccc4cccc(c34)N2)c1. The fourth-order valence-electron chi connectivity index (χ4n) is 2.88. The zero-order chi connectivity index (χ0) is 14.2. The smallest absolute Gasteiger partial charge is 0.405 e. The molecule has 3 aromatic carbocycles. The predicted octanol–water partition coefficient (Wildman–Crippen LogP) is 2.94. The molecule has 3 aromatic rings. The van der Waals surface area contributed by atoms with Crippen molar-refractivity contribution < 1.29 is 0 Å². The van der Waals surface area contributed by atoms with Gasteiger partial charge in [0.25, 0.3) is 0 Å². The molecule has 98 valence electrons. The Labute approximate surface area is 123 Å². The maximum absolute atomic E-state index is 9.05. The van der Waals surface area contributed by atoms with Crippen LogP contribution < -0.4 is 15.9 Å². The van der Waals surface area contributed by atoms with Crippen LogP contribution in [0.4, 0.5) is 11.4 Å². The summed E-state index contributed by atoms with van der Waals surface area (Å²) in [5, 5.41) is 18.5. The molecule has 0 saturated carbocycles. The van der Waals surface area contributed by atoms with Crippen molar-refractivity contribution in [3.8, 4) is 6.07 Å². The van der Waals surface area contributed by atoms with E-state index in [9.17, 15) is 0 Å². The van der Waals surface area contributed by atoms with Gasteiger partial charge in [0, 0.05) is 16.8 Å². The zero-order valence-corrected chi connectivity index (χ0v) is 11.3. The summed E-state index contributed by atoms with van der Waals surface area (Å²) in [5.74, 6) is 0. The molecule has 0 radical (unpaired) electrons. The summed E-state index contributed by atoms with van der Waals surface area (Å²) >= 11 is 0. The molecular formula is C17H12BN3. The van der Waals surface area contributed by atoms with Gasteiger partial charge in [-0.2, -0.15) is 5.26 Å². The number of nitrogens with one attached hydrogen (secondary N) is 2. The van der Waals surface area contributed by atoms with Crippen molar-refractivity contribution in [1.82, 2.24) is 0 Å². The quantitative estimate of drug-likeness (QED) is 0.668. The first-order valence-electron chi connectivity index (χ1n) is 6.90. The summed E-state index contributed by atoms with van der Waals surface area (Å²) in [4.78, 5) is 0. The third kappa shape index (κ3) is 1.91. The molecule has 0 saturated heterocycles. The average Bonchev–Trinajstić information content (AvgIpc) is 2.55. The maximum Gasteiger partial charge on any atom is 0.406 e. The van der Waals surface area contributed by atoms with Gasteiger partial charge in [0.05, 0.1) is 11.6 Å². The van der Waals surface area contributed by atoms with E-state index in [0.717, 1.165) is 16.8 Å². The normalized spacial score (nSPS) is 12.4. The molecule has 0 bridgehead atoms. The van der Waals surface area contributed by atoms with Gasteiger partial charge in [-0.15, -0.1) is 0 Å². The molecule has 21 heavy (non-hydrogen) atoms. The molecule has 1 aliphatic heterocycles. The first kappa shape index (κ1) is 11.9. The third-order valence-electron chi connectivity index (χ3n) is 3.85. The number of nitriles is 1. The van der Waals surface area contributed by atoms with E-state index in [4.69, 9.17) is 5.26 Å². The van der Waals surface area contributed by atoms with Gasteiger partial charge < -0.3 is 10.5 Å². The lowest BCUT2D eigenvalue weighted by Crippen LogP contribution is -2.47. The standard InChI is InChI=1S/C17H12BN3/c19-11-12-4-1-7-14(10-12)18-20-15-8-2-5-13-6-3-9-16(21-18)17(13)15/h1-10,20-21H. The van der Waals surface area contributed by atoms with E-state index in [2.05, 4.69) is 52.9 Å². The van der Waals surface area contributed by atoms with Gasteiger partial charge in [-0.3, -0.25) is 0 Å². The molecule has 1 aliphatic rings. The summed E-state index contributed by atoms with van der Waals surface area (Å²) in [6.45, 7) is -0.0289. The lowest BCUT2D eigenvalue weighted by atomic mass is 9.66. The van der Waals surface area contributed by atoms with Crippen molar-refractivity contribution in [2.45, 2.75) is 0 Å². The highest BCUT2D eigenvalue weighted by Crippen LogP contribution is 2.33. The topological polar surface area (TPSA) is 47.9 Å². The van der Waals surface area contributed by atoms with E-state index in [1.165, 1.54) is 10.8 Å². The Morgan fingerprint density at radius 1 is 0.857 bits per heavy atom. The van der Waals surface area contributed by atoms with Crippen LogP contribution in [0.1, 0.15) is 5.56 Å². The minimum Gasteiger partial charge on any atom is -0.405 e. The highest BCUT2D eigenvalue weighted by molar-refractivity contribution is 6.80. The first-order valence-corrected chi connectivity index (χ1v) is 6.90. The fourth-order valence-corrected chi connectivity index (χ4v) is 2.88. The summed E-state index contributed by atoms with van der Waals surface area (Å²) in [5.41, 5.74) is 3.97. The Bertz CT molecular complexity index is 842. The Balaban J connectivity index is 1.81. The minimum atomic E-state index is -0.0289. The van der Waals surface area contributed by atoms with Gasteiger partial charge in [-0.05, 0) is 35.1 Å². The van der Waals surface area contributed by atoms with Crippen molar-refractivity contribution in [3.05, 3.63) is 66.2 Å². The maximum atomic E-state index is 9.05. The van der Waals surface area contributed by atoms with Crippen LogP contribution in [0.2, 0.25) is 0 Å². The van der Waals surface area contributed by atoms with Crippen LogP contribution in [-0.2, 0) is 0 Å². The number of rotatable bonds is 1. The summed E-state index contributed by atoms with van der Waals surface area (Å²) in [6.07, 6.45) is 0. The zero-order valence-electron chi connectivity index (χ0n) is 11.3. The van der Waals surface area contributed by atoms with Crippen molar-refractivity contribution >= 4 is 34.6 Å². The van der Waals surface area contributed by atoms with Crippen molar-refractivity contribution in [2.24, 2.45) is 0 Å². The molecule has 0 spiro atoms. The molecule has 0 aliphatic carbocycles. The van der Waals surface area contributed by atoms with Gasteiger partial charge in [0.15, 0.2) is 0 Å². The Hall–Kier alpha value is -2.93. The van der Waals surface area contributed by atoms with E-state index in [-0.39, 0.29) is 6.98 Å². The molecule has 3 nitrogen and oxygen atoms in total. The Kier molecular flexibility index (Phi) is 2.58. The van der Waals surface area contributed by atoms with Crippen LogP contribution >= 0.6 is 0 Å². The first-order chi connectivity index (χ1) is 10.3. The molecule has 0 atom stereocenters. The molecule has 0 amide bonds. The lowest BCUT2D eigenvalue weighted by Gasteiger charge is -2.26.